The van der Waals surface area contributed by atoms with Gasteiger partial charge in [-0.3, -0.25) is 4.79 Å². The smallest absolute Gasteiger partial charge is 0.235 e. The van der Waals surface area contributed by atoms with Crippen molar-refractivity contribution in [2.24, 2.45) is 5.73 Å². The number of pyridine rings is 1. The summed E-state index contributed by atoms with van der Waals surface area (Å²) in [6.45, 7) is 14.1. The average molecular weight is 435 g/mol. The first kappa shape index (κ1) is 22.6. The maximum atomic E-state index is 12.3. The second kappa shape index (κ2) is 10.3. The van der Waals surface area contributed by atoms with Gasteiger partial charge in [-0.25, -0.2) is 9.83 Å². The summed E-state index contributed by atoms with van der Waals surface area (Å²) < 4.78 is 0. The van der Waals surface area contributed by atoms with Crippen LogP contribution in [-0.2, 0) is 11.2 Å². The van der Waals surface area contributed by atoms with Gasteiger partial charge in [-0.15, -0.1) is 0 Å². The predicted molar refractivity (Wildman–Crippen MR) is 123 cm³/mol. The Kier molecular flexibility index (Phi) is 7.51. The van der Waals surface area contributed by atoms with Crippen LogP contribution in [-0.4, -0.2) is 36.6 Å². The molecule has 0 aliphatic carbocycles. The lowest BCUT2D eigenvalue weighted by molar-refractivity contribution is -0.117. The fraction of sp³-hybridized carbons (Fsp3) is 0.391. The number of nitrogens with one attached hydrogen (secondary N) is 1. The summed E-state index contributed by atoms with van der Waals surface area (Å²) in [6, 6.07) is 11.9. The number of carbonyl (C=O) groups excluding carboxylic acids is 1. The Labute approximate surface area is 187 Å². The number of aromatic nitrogens is 1. The average Bonchev–Trinajstić information content (AvgIpc) is 3.00. The molecule has 3 N–H and O–H groups in total. The van der Waals surface area contributed by atoms with Crippen molar-refractivity contribution >= 4 is 29.2 Å². The third-order valence-corrected chi connectivity index (χ3v) is 6.65. The first-order chi connectivity index (χ1) is 15.0. The van der Waals surface area contributed by atoms with Gasteiger partial charge in [-0.1, -0.05) is 49.0 Å². The fourth-order valence-electron chi connectivity index (χ4n) is 3.72. The van der Waals surface area contributed by atoms with E-state index in [9.17, 15) is 10.1 Å². The summed E-state index contributed by atoms with van der Waals surface area (Å²) in [7, 11) is 0. The van der Waals surface area contributed by atoms with Crippen molar-refractivity contribution in [3.63, 3.8) is 0 Å². The minimum Gasteiger partial charge on any atom is -0.368 e. The largest absolute Gasteiger partial charge is 0.368 e. The number of rotatable bonds is 6. The minimum absolute atomic E-state index is 0.353. The molecule has 1 aromatic heterocycles. The minimum atomic E-state index is -0.678. The van der Waals surface area contributed by atoms with Crippen LogP contribution in [0.3, 0.4) is 0 Å². The highest BCUT2D eigenvalue weighted by Gasteiger charge is 2.28. The highest BCUT2D eigenvalue weighted by Crippen LogP contribution is 2.42. The highest BCUT2D eigenvalue weighted by atomic mass is 32.2. The summed E-state index contributed by atoms with van der Waals surface area (Å²) in [5.74, 6) is 0.0871. The van der Waals surface area contributed by atoms with Crippen LogP contribution in [0.2, 0.25) is 0 Å². The molecular formula is C23H26N6OS. The Morgan fingerprint density at radius 1 is 1.45 bits per heavy atom. The van der Waals surface area contributed by atoms with E-state index in [1.54, 1.807) is 0 Å². The molecule has 1 saturated heterocycles. The van der Waals surface area contributed by atoms with E-state index < -0.39 is 11.2 Å². The number of hydrogen-bond acceptors (Lipinski definition) is 6. The van der Waals surface area contributed by atoms with Crippen molar-refractivity contribution < 1.29 is 4.79 Å². The van der Waals surface area contributed by atoms with Gasteiger partial charge in [0, 0.05) is 25.7 Å². The molecule has 1 aliphatic heterocycles. The van der Waals surface area contributed by atoms with Gasteiger partial charge in [0.15, 0.2) is 0 Å². The first-order valence-electron chi connectivity index (χ1n) is 10.3. The van der Waals surface area contributed by atoms with Gasteiger partial charge in [-0.2, -0.15) is 5.26 Å². The van der Waals surface area contributed by atoms with Gasteiger partial charge in [0.05, 0.1) is 12.1 Å². The van der Waals surface area contributed by atoms with Gasteiger partial charge in [0.25, 0.3) is 0 Å². The number of nitrogens with zero attached hydrogens (tertiary/aromatic N) is 4. The van der Waals surface area contributed by atoms with Crippen LogP contribution in [0.25, 0.3) is 4.85 Å². The molecule has 0 spiro atoms. The number of thioether (sulfide) groups is 1. The zero-order valence-corrected chi connectivity index (χ0v) is 18.6. The lowest BCUT2D eigenvalue weighted by Gasteiger charge is -2.25. The quantitative estimate of drug-likeness (QED) is 0.533. The van der Waals surface area contributed by atoms with Crippen molar-refractivity contribution in [2.45, 2.75) is 43.0 Å². The summed E-state index contributed by atoms with van der Waals surface area (Å²) in [6.07, 6.45) is 1.45. The molecule has 7 nitrogen and oxygen atoms in total. The lowest BCUT2D eigenvalue weighted by Crippen LogP contribution is -2.30. The molecule has 160 valence electrons. The molecule has 1 fully saturated rings. The molecule has 0 radical (unpaired) electrons. The van der Waals surface area contributed by atoms with E-state index in [1.807, 2.05) is 37.3 Å². The third-order valence-electron chi connectivity index (χ3n) is 5.39. The zero-order chi connectivity index (χ0) is 22.4. The van der Waals surface area contributed by atoms with Gasteiger partial charge in [-0.05, 0) is 30.9 Å². The van der Waals surface area contributed by atoms with E-state index in [4.69, 9.17) is 17.3 Å². The monoisotopic (exact) mass is 434 g/mol. The van der Waals surface area contributed by atoms with Gasteiger partial charge in [0.1, 0.15) is 22.2 Å². The van der Waals surface area contributed by atoms with Crippen LogP contribution in [0.1, 0.15) is 42.2 Å². The number of carbonyl (C=O) groups is 1. The van der Waals surface area contributed by atoms with Crippen molar-refractivity contribution in [1.29, 1.82) is 5.26 Å². The summed E-state index contributed by atoms with van der Waals surface area (Å²) in [4.78, 5) is 22.9. The topological polar surface area (TPSA) is 99.4 Å². The number of nitriles is 1. The highest BCUT2D eigenvalue weighted by molar-refractivity contribution is 8.00. The van der Waals surface area contributed by atoms with E-state index in [0.29, 0.717) is 40.1 Å². The van der Waals surface area contributed by atoms with Crippen LogP contribution < -0.4 is 16.0 Å². The van der Waals surface area contributed by atoms with E-state index in [1.165, 1.54) is 11.8 Å². The van der Waals surface area contributed by atoms with Gasteiger partial charge >= 0.3 is 0 Å². The number of primary amides is 1. The lowest BCUT2D eigenvalue weighted by atomic mass is 10.1. The second-order valence-electron chi connectivity index (χ2n) is 7.46. The molecule has 2 atom stereocenters. The molecule has 1 aliphatic rings. The summed E-state index contributed by atoms with van der Waals surface area (Å²) in [5, 5.41) is 13.1. The molecule has 1 aromatic carbocycles. The Balaban J connectivity index is 2.12. The Bertz CT molecular complexity index is 1030. The summed E-state index contributed by atoms with van der Waals surface area (Å²) >= 11 is 1.18. The molecule has 3 rings (SSSR count). The standard InChI is InChI=1S/C23H26N6OS/c1-4-17-18(14-24)23(31-20(21(25)30)16-8-6-5-7-9-16)28-22(19(17)26-3)29-12-10-15(2)27-11-13-29/h5-9,15,20,27H,4,10-13H2,1-2H3,(H2,25,30). The van der Waals surface area contributed by atoms with E-state index >= 15 is 0 Å². The Hall–Kier alpha value is -3.07. The van der Waals surface area contributed by atoms with E-state index in [0.717, 1.165) is 31.6 Å². The number of benzene rings is 1. The predicted octanol–water partition coefficient (Wildman–Crippen LogP) is 3.57. The Morgan fingerprint density at radius 2 is 2.19 bits per heavy atom. The molecule has 0 bridgehead atoms. The zero-order valence-electron chi connectivity index (χ0n) is 17.8. The Morgan fingerprint density at radius 3 is 2.81 bits per heavy atom. The SMILES string of the molecule is [C-]#[N+]c1c(N2CCNC(C)CC2)nc(SC(C(N)=O)c2ccccc2)c(C#N)c1CC. The normalized spacial score (nSPS) is 17.3. The van der Waals surface area contributed by atoms with Crippen molar-refractivity contribution in [3.8, 4) is 6.07 Å². The van der Waals surface area contributed by atoms with E-state index in [2.05, 4.69) is 28.1 Å². The molecular weight excluding hydrogens is 408 g/mol. The maximum Gasteiger partial charge on any atom is 0.235 e. The number of nitrogens with two attached hydrogens (primary N) is 1. The molecule has 2 heterocycles. The fourth-order valence-corrected chi connectivity index (χ4v) is 4.78. The molecule has 2 unspecified atom stereocenters. The molecule has 1 amide bonds. The molecule has 31 heavy (non-hydrogen) atoms. The van der Waals surface area contributed by atoms with Crippen LogP contribution >= 0.6 is 11.8 Å². The van der Waals surface area contributed by atoms with Gasteiger partial charge in [0.2, 0.25) is 11.6 Å². The van der Waals surface area contributed by atoms with Crippen LogP contribution in [0.4, 0.5) is 11.5 Å². The van der Waals surface area contributed by atoms with Crippen molar-refractivity contribution in [2.75, 3.05) is 24.5 Å². The first-order valence-corrected chi connectivity index (χ1v) is 11.2. The van der Waals surface area contributed by atoms with Crippen LogP contribution in [0.15, 0.2) is 35.4 Å². The number of hydrogen-bond donors (Lipinski definition) is 2. The second-order valence-corrected chi connectivity index (χ2v) is 8.56. The van der Waals surface area contributed by atoms with Crippen LogP contribution in [0, 0.1) is 17.9 Å². The number of amides is 1. The van der Waals surface area contributed by atoms with Gasteiger partial charge < -0.3 is 16.0 Å². The number of anilines is 1. The van der Waals surface area contributed by atoms with E-state index in [-0.39, 0.29) is 0 Å². The van der Waals surface area contributed by atoms with Crippen molar-refractivity contribution in [1.82, 2.24) is 10.3 Å². The van der Waals surface area contributed by atoms with Crippen LogP contribution in [0.5, 0.6) is 0 Å². The molecule has 8 heteroatoms. The van der Waals surface area contributed by atoms with Crippen molar-refractivity contribution in [3.05, 3.63) is 58.4 Å². The molecule has 2 aromatic rings. The maximum absolute atomic E-state index is 12.3. The molecule has 0 saturated carbocycles. The third kappa shape index (κ3) is 4.99. The summed E-state index contributed by atoms with van der Waals surface area (Å²) in [5.41, 5.74) is 7.92.